The smallest absolute Gasteiger partial charge is 0.0700 e. The lowest BCUT2D eigenvalue weighted by molar-refractivity contribution is -0.00690. The molecule has 0 aromatic heterocycles. The van der Waals surface area contributed by atoms with E-state index in [4.69, 9.17) is 4.74 Å². The predicted molar refractivity (Wildman–Crippen MR) is 124 cm³/mol. The highest BCUT2D eigenvalue weighted by Crippen LogP contribution is 2.49. The molecular formula is C27H42O4. The van der Waals surface area contributed by atoms with Gasteiger partial charge in [-0.2, -0.15) is 0 Å². The largest absolute Gasteiger partial charge is 0.393 e. The minimum atomic E-state index is -0.714. The molecule has 3 N–H and O–H groups in total. The van der Waals surface area contributed by atoms with Crippen LogP contribution in [0.2, 0.25) is 0 Å². The molecular weight excluding hydrogens is 388 g/mol. The molecule has 0 aromatic carbocycles. The molecule has 3 saturated carbocycles. The SMILES string of the molecule is CC(C)(O)CC#CCCOC1CCC2(CCC/C(=C\C=C3C[C@H](O)C[C@@H](O)C3)C2)CC1. The summed E-state index contributed by atoms with van der Waals surface area (Å²) in [6, 6.07) is 0. The Bertz CT molecular complexity index is 683. The average molecular weight is 431 g/mol. The van der Waals surface area contributed by atoms with Crippen LogP contribution in [0.1, 0.15) is 97.3 Å². The third kappa shape index (κ3) is 8.39. The Morgan fingerprint density at radius 2 is 1.71 bits per heavy atom. The highest BCUT2D eigenvalue weighted by atomic mass is 16.5. The van der Waals surface area contributed by atoms with Gasteiger partial charge in [0.1, 0.15) is 0 Å². The molecule has 0 radical (unpaired) electrons. The van der Waals surface area contributed by atoms with E-state index in [9.17, 15) is 15.3 Å². The molecule has 1 spiro atoms. The first-order valence-corrected chi connectivity index (χ1v) is 12.3. The molecule has 3 aliphatic carbocycles. The van der Waals surface area contributed by atoms with E-state index in [1.165, 1.54) is 49.7 Å². The normalized spacial score (nSPS) is 33.3. The van der Waals surface area contributed by atoms with Crippen LogP contribution < -0.4 is 0 Å². The number of ether oxygens (including phenoxy) is 1. The summed E-state index contributed by atoms with van der Waals surface area (Å²) in [5, 5.41) is 29.5. The highest BCUT2D eigenvalue weighted by molar-refractivity contribution is 5.22. The first-order chi connectivity index (χ1) is 14.7. The van der Waals surface area contributed by atoms with Crippen LogP contribution in [0.5, 0.6) is 0 Å². The van der Waals surface area contributed by atoms with Crippen molar-refractivity contribution in [3.8, 4) is 11.8 Å². The number of rotatable bonds is 5. The molecule has 0 saturated heterocycles. The van der Waals surface area contributed by atoms with Gasteiger partial charge in [0.25, 0.3) is 0 Å². The molecule has 0 aromatic rings. The maximum absolute atomic E-state index is 9.90. The van der Waals surface area contributed by atoms with Crippen LogP contribution >= 0.6 is 0 Å². The molecule has 31 heavy (non-hydrogen) atoms. The Hall–Kier alpha value is -1.12. The zero-order valence-electron chi connectivity index (χ0n) is 19.5. The fraction of sp³-hybridized carbons (Fsp3) is 0.778. The fourth-order valence-corrected chi connectivity index (χ4v) is 5.47. The van der Waals surface area contributed by atoms with Crippen LogP contribution in [0.25, 0.3) is 0 Å². The van der Waals surface area contributed by atoms with Gasteiger partial charge in [0, 0.05) is 12.8 Å². The lowest BCUT2D eigenvalue weighted by Gasteiger charge is -2.43. The third-order valence-corrected chi connectivity index (χ3v) is 7.12. The number of aliphatic hydroxyl groups is 3. The summed E-state index contributed by atoms with van der Waals surface area (Å²) >= 11 is 0. The molecule has 0 bridgehead atoms. The van der Waals surface area contributed by atoms with Crippen LogP contribution in [0.15, 0.2) is 23.3 Å². The second kappa shape index (κ2) is 11.1. The van der Waals surface area contributed by atoms with Crippen LogP contribution in [0, 0.1) is 17.3 Å². The summed E-state index contributed by atoms with van der Waals surface area (Å²) in [4.78, 5) is 0. The van der Waals surface area contributed by atoms with E-state index in [-0.39, 0.29) is 0 Å². The van der Waals surface area contributed by atoms with Gasteiger partial charge in [-0.3, -0.25) is 0 Å². The summed E-state index contributed by atoms with van der Waals surface area (Å²) in [5.41, 5.74) is 2.45. The zero-order valence-corrected chi connectivity index (χ0v) is 19.5. The van der Waals surface area contributed by atoms with E-state index in [0.717, 1.165) is 19.3 Å². The lowest BCUT2D eigenvalue weighted by Crippen LogP contribution is -2.33. The van der Waals surface area contributed by atoms with Crippen molar-refractivity contribution in [2.75, 3.05) is 6.61 Å². The summed E-state index contributed by atoms with van der Waals surface area (Å²) in [7, 11) is 0. The van der Waals surface area contributed by atoms with Gasteiger partial charge in [-0.1, -0.05) is 23.3 Å². The average Bonchev–Trinajstić information content (AvgIpc) is 2.69. The Balaban J connectivity index is 1.42. The van der Waals surface area contributed by atoms with Gasteiger partial charge in [-0.05, 0) is 89.9 Å². The molecule has 0 heterocycles. The molecule has 2 atom stereocenters. The molecule has 0 amide bonds. The molecule has 3 rings (SSSR count). The van der Waals surface area contributed by atoms with E-state index < -0.39 is 17.8 Å². The Kier molecular flexibility index (Phi) is 8.82. The first-order valence-electron chi connectivity index (χ1n) is 12.3. The summed E-state index contributed by atoms with van der Waals surface area (Å²) in [5.74, 6) is 6.15. The third-order valence-electron chi connectivity index (χ3n) is 7.12. The molecule has 174 valence electrons. The van der Waals surface area contributed by atoms with Crippen molar-refractivity contribution in [3.05, 3.63) is 23.3 Å². The van der Waals surface area contributed by atoms with Crippen molar-refractivity contribution in [1.29, 1.82) is 0 Å². The second-order valence-electron chi connectivity index (χ2n) is 10.8. The Morgan fingerprint density at radius 3 is 2.39 bits per heavy atom. The summed E-state index contributed by atoms with van der Waals surface area (Å²) in [6.45, 7) is 4.25. The molecule has 4 nitrogen and oxygen atoms in total. The van der Waals surface area contributed by atoms with Gasteiger partial charge >= 0.3 is 0 Å². The fourth-order valence-electron chi connectivity index (χ4n) is 5.47. The predicted octanol–water partition coefficient (Wildman–Crippen LogP) is 4.82. The van der Waals surface area contributed by atoms with Crippen molar-refractivity contribution >= 4 is 0 Å². The van der Waals surface area contributed by atoms with E-state index in [2.05, 4.69) is 24.0 Å². The molecule has 3 fully saturated rings. The number of hydrogen-bond donors (Lipinski definition) is 3. The van der Waals surface area contributed by atoms with Crippen LogP contribution in [-0.4, -0.2) is 45.8 Å². The topological polar surface area (TPSA) is 69.9 Å². The van der Waals surface area contributed by atoms with Crippen molar-refractivity contribution in [3.63, 3.8) is 0 Å². The van der Waals surface area contributed by atoms with E-state index in [1.807, 2.05) is 0 Å². The number of allylic oxidation sites excluding steroid dienone is 3. The first kappa shape index (κ1) is 24.5. The minimum Gasteiger partial charge on any atom is -0.393 e. The van der Waals surface area contributed by atoms with Crippen molar-refractivity contribution < 1.29 is 20.1 Å². The molecule has 3 aliphatic rings. The van der Waals surface area contributed by atoms with Crippen molar-refractivity contribution in [2.24, 2.45) is 5.41 Å². The van der Waals surface area contributed by atoms with Crippen LogP contribution in [-0.2, 0) is 4.74 Å². The summed E-state index contributed by atoms with van der Waals surface area (Å²) < 4.78 is 6.09. The molecule has 0 aliphatic heterocycles. The van der Waals surface area contributed by atoms with Crippen LogP contribution in [0.4, 0.5) is 0 Å². The van der Waals surface area contributed by atoms with Gasteiger partial charge < -0.3 is 20.1 Å². The van der Waals surface area contributed by atoms with Gasteiger partial charge in [0.05, 0.1) is 30.5 Å². The Labute approximate surface area is 188 Å². The quantitative estimate of drug-likeness (QED) is 0.432. The van der Waals surface area contributed by atoms with E-state index in [0.29, 0.717) is 43.8 Å². The summed E-state index contributed by atoms with van der Waals surface area (Å²) in [6.07, 6.45) is 16.9. The van der Waals surface area contributed by atoms with E-state index in [1.54, 1.807) is 13.8 Å². The molecule has 4 heteroatoms. The second-order valence-corrected chi connectivity index (χ2v) is 10.8. The zero-order chi connectivity index (χ0) is 22.3. The number of aliphatic hydroxyl groups excluding tert-OH is 2. The van der Waals surface area contributed by atoms with E-state index >= 15 is 0 Å². The maximum Gasteiger partial charge on any atom is 0.0700 e. The minimum absolute atomic E-state index is 0.364. The standard InChI is InChI=1S/C27H42O4/c1-26(2,30)12-4-3-5-16-31-25-10-14-27(15-11-25)13-6-7-21(20-27)8-9-22-17-23(28)19-24(29)18-22/h8-9,23-25,28-30H,5-7,10-20H2,1-2H3/b21-8+/t23-,24-,25?,27?/m0/s1. The van der Waals surface area contributed by atoms with Crippen molar-refractivity contribution in [1.82, 2.24) is 0 Å². The maximum atomic E-state index is 9.90. The molecule has 0 unspecified atom stereocenters. The highest BCUT2D eigenvalue weighted by Gasteiger charge is 2.37. The van der Waals surface area contributed by atoms with Gasteiger partial charge in [-0.25, -0.2) is 0 Å². The van der Waals surface area contributed by atoms with Gasteiger partial charge in [0.2, 0.25) is 0 Å². The number of hydrogen-bond acceptors (Lipinski definition) is 4. The monoisotopic (exact) mass is 430 g/mol. The van der Waals surface area contributed by atoms with Crippen LogP contribution in [0.3, 0.4) is 0 Å². The van der Waals surface area contributed by atoms with Gasteiger partial charge in [-0.15, -0.1) is 11.8 Å². The Morgan fingerprint density at radius 1 is 1.03 bits per heavy atom. The van der Waals surface area contributed by atoms with Crippen molar-refractivity contribution in [2.45, 2.75) is 121 Å². The van der Waals surface area contributed by atoms with Gasteiger partial charge in [0.15, 0.2) is 0 Å². The lowest BCUT2D eigenvalue weighted by atomic mass is 9.63.